The van der Waals surface area contributed by atoms with Crippen molar-refractivity contribution in [2.45, 2.75) is 0 Å². The number of fused-ring (bicyclic) bond motifs is 1. The first-order chi connectivity index (χ1) is 11.3. The summed E-state index contributed by atoms with van der Waals surface area (Å²) >= 11 is 0. The molecule has 0 saturated carbocycles. The van der Waals surface area contributed by atoms with Crippen LogP contribution in [0.1, 0.15) is 0 Å². The summed E-state index contributed by atoms with van der Waals surface area (Å²) in [5.41, 5.74) is 3.67. The van der Waals surface area contributed by atoms with E-state index in [-0.39, 0.29) is 6.03 Å². The van der Waals surface area contributed by atoms with Gasteiger partial charge in [0.25, 0.3) is 0 Å². The van der Waals surface area contributed by atoms with Gasteiger partial charge in [0.1, 0.15) is 0 Å². The third kappa shape index (κ3) is 3.52. The number of nitrogens with one attached hydrogen (secondary N) is 2. The molecule has 23 heavy (non-hydrogen) atoms. The summed E-state index contributed by atoms with van der Waals surface area (Å²) in [7, 11) is 0. The SMILES string of the molecule is C=CCNC(=O)Nc1cnc2ccc(-c3ccccc3)cc2n1. The molecule has 5 heteroatoms. The molecule has 1 heterocycles. The molecule has 0 fully saturated rings. The molecule has 0 bridgehead atoms. The second-order valence-corrected chi connectivity index (χ2v) is 4.95. The molecule has 2 N–H and O–H groups in total. The molecule has 1 aromatic heterocycles. The fourth-order valence-electron chi connectivity index (χ4n) is 2.21. The molecular weight excluding hydrogens is 288 g/mol. The maximum absolute atomic E-state index is 11.7. The van der Waals surface area contributed by atoms with Crippen LogP contribution in [0.3, 0.4) is 0 Å². The van der Waals surface area contributed by atoms with Crippen molar-refractivity contribution in [3.05, 3.63) is 67.4 Å². The van der Waals surface area contributed by atoms with E-state index >= 15 is 0 Å². The highest BCUT2D eigenvalue weighted by atomic mass is 16.2. The summed E-state index contributed by atoms with van der Waals surface area (Å²) in [5.74, 6) is 0.407. The fourth-order valence-corrected chi connectivity index (χ4v) is 2.21. The molecule has 0 atom stereocenters. The molecule has 0 aliphatic rings. The number of rotatable bonds is 4. The number of anilines is 1. The molecule has 5 nitrogen and oxygen atoms in total. The molecular formula is C18H16N4O. The summed E-state index contributed by atoms with van der Waals surface area (Å²) in [5, 5.41) is 5.29. The zero-order chi connectivity index (χ0) is 16.1. The van der Waals surface area contributed by atoms with Crippen LogP contribution >= 0.6 is 0 Å². The van der Waals surface area contributed by atoms with Gasteiger partial charge in [-0.2, -0.15) is 0 Å². The first kappa shape index (κ1) is 14.7. The van der Waals surface area contributed by atoms with E-state index < -0.39 is 0 Å². The molecule has 0 saturated heterocycles. The summed E-state index contributed by atoms with van der Waals surface area (Å²) < 4.78 is 0. The van der Waals surface area contributed by atoms with Crippen molar-refractivity contribution in [3.8, 4) is 11.1 Å². The maximum Gasteiger partial charge on any atom is 0.320 e. The Morgan fingerprint density at radius 1 is 1.09 bits per heavy atom. The maximum atomic E-state index is 11.7. The number of urea groups is 1. The number of hydrogen-bond donors (Lipinski definition) is 2. The lowest BCUT2D eigenvalue weighted by Gasteiger charge is -2.07. The van der Waals surface area contributed by atoms with E-state index in [1.165, 1.54) is 6.20 Å². The van der Waals surface area contributed by atoms with Crippen LogP contribution in [0, 0.1) is 0 Å². The van der Waals surface area contributed by atoms with Crippen molar-refractivity contribution in [2.75, 3.05) is 11.9 Å². The summed E-state index contributed by atoms with van der Waals surface area (Å²) in [6.07, 6.45) is 3.15. The number of amides is 2. The van der Waals surface area contributed by atoms with Gasteiger partial charge in [0.05, 0.1) is 17.2 Å². The van der Waals surface area contributed by atoms with Crippen LogP contribution in [-0.2, 0) is 0 Å². The first-order valence-electron chi connectivity index (χ1n) is 7.24. The Labute approximate surface area is 134 Å². The molecule has 0 unspecified atom stereocenters. The van der Waals surface area contributed by atoms with Crippen LogP contribution in [0.2, 0.25) is 0 Å². The van der Waals surface area contributed by atoms with E-state index in [1.807, 2.05) is 48.5 Å². The number of carbonyl (C=O) groups excluding carboxylic acids is 1. The van der Waals surface area contributed by atoms with Crippen LogP contribution in [0.25, 0.3) is 22.2 Å². The third-order valence-electron chi connectivity index (χ3n) is 3.30. The lowest BCUT2D eigenvalue weighted by molar-refractivity contribution is 0.253. The van der Waals surface area contributed by atoms with Crippen LogP contribution in [0.5, 0.6) is 0 Å². The van der Waals surface area contributed by atoms with Gasteiger partial charge in [-0.15, -0.1) is 6.58 Å². The topological polar surface area (TPSA) is 66.9 Å². The second-order valence-electron chi connectivity index (χ2n) is 4.95. The van der Waals surface area contributed by atoms with Crippen molar-refractivity contribution in [2.24, 2.45) is 0 Å². The average molecular weight is 304 g/mol. The number of nitrogens with zero attached hydrogens (tertiary/aromatic N) is 2. The molecule has 2 amide bonds. The Morgan fingerprint density at radius 3 is 2.70 bits per heavy atom. The highest BCUT2D eigenvalue weighted by Crippen LogP contribution is 2.23. The van der Waals surface area contributed by atoms with Gasteiger partial charge in [-0.3, -0.25) is 10.3 Å². The van der Waals surface area contributed by atoms with E-state index in [4.69, 9.17) is 0 Å². The molecule has 0 radical (unpaired) electrons. The molecule has 0 spiro atoms. The monoisotopic (exact) mass is 304 g/mol. The van der Waals surface area contributed by atoms with Crippen molar-refractivity contribution < 1.29 is 4.79 Å². The molecule has 3 rings (SSSR count). The number of aromatic nitrogens is 2. The lowest BCUT2D eigenvalue weighted by atomic mass is 10.1. The Morgan fingerprint density at radius 2 is 1.91 bits per heavy atom. The Kier molecular flexibility index (Phi) is 4.29. The molecule has 2 aromatic carbocycles. The largest absolute Gasteiger partial charge is 0.334 e. The van der Waals surface area contributed by atoms with Crippen LogP contribution in [0.4, 0.5) is 10.6 Å². The van der Waals surface area contributed by atoms with E-state index in [2.05, 4.69) is 27.2 Å². The predicted octanol–water partition coefficient (Wildman–Crippen LogP) is 3.60. The van der Waals surface area contributed by atoms with E-state index in [0.717, 1.165) is 22.2 Å². The highest BCUT2D eigenvalue weighted by molar-refractivity contribution is 5.90. The Hall–Kier alpha value is -3.21. The summed E-state index contributed by atoms with van der Waals surface area (Å²) in [4.78, 5) is 20.4. The average Bonchev–Trinajstić information content (AvgIpc) is 2.60. The molecule has 0 aliphatic heterocycles. The van der Waals surface area contributed by atoms with Crippen LogP contribution in [0.15, 0.2) is 67.4 Å². The van der Waals surface area contributed by atoms with Crippen molar-refractivity contribution in [3.63, 3.8) is 0 Å². The first-order valence-corrected chi connectivity index (χ1v) is 7.24. The van der Waals surface area contributed by atoms with Crippen LogP contribution < -0.4 is 10.6 Å². The zero-order valence-electron chi connectivity index (χ0n) is 12.5. The van der Waals surface area contributed by atoms with Gasteiger partial charge in [0, 0.05) is 6.54 Å². The molecule has 0 aliphatic carbocycles. The fraction of sp³-hybridized carbons (Fsp3) is 0.0556. The third-order valence-corrected chi connectivity index (χ3v) is 3.30. The smallest absolute Gasteiger partial charge is 0.320 e. The summed E-state index contributed by atoms with van der Waals surface area (Å²) in [6.45, 7) is 3.94. The standard InChI is InChI=1S/C18H16N4O/c1-2-10-19-18(23)22-17-12-20-15-9-8-14(11-16(15)21-17)13-6-4-3-5-7-13/h2-9,11-12H,1,10H2,(H2,19,21,22,23). The number of carbonyl (C=O) groups is 1. The molecule has 3 aromatic rings. The quantitative estimate of drug-likeness (QED) is 0.724. The van der Waals surface area contributed by atoms with E-state index in [0.29, 0.717) is 12.4 Å². The molecule has 114 valence electrons. The zero-order valence-corrected chi connectivity index (χ0v) is 12.5. The van der Waals surface area contributed by atoms with Gasteiger partial charge < -0.3 is 5.32 Å². The Bertz CT molecular complexity index is 846. The van der Waals surface area contributed by atoms with Crippen LogP contribution in [-0.4, -0.2) is 22.5 Å². The van der Waals surface area contributed by atoms with Gasteiger partial charge in [-0.05, 0) is 23.3 Å². The van der Waals surface area contributed by atoms with Crippen molar-refractivity contribution in [1.29, 1.82) is 0 Å². The van der Waals surface area contributed by atoms with Crippen molar-refractivity contribution in [1.82, 2.24) is 15.3 Å². The Balaban J connectivity index is 1.89. The predicted molar refractivity (Wildman–Crippen MR) is 92.2 cm³/mol. The highest BCUT2D eigenvalue weighted by Gasteiger charge is 2.05. The minimum Gasteiger partial charge on any atom is -0.334 e. The summed E-state index contributed by atoms with van der Waals surface area (Å²) in [6, 6.07) is 15.6. The second kappa shape index (κ2) is 6.70. The number of hydrogen-bond acceptors (Lipinski definition) is 3. The minimum atomic E-state index is -0.335. The number of benzene rings is 2. The van der Waals surface area contributed by atoms with E-state index in [9.17, 15) is 4.79 Å². The minimum absolute atomic E-state index is 0.335. The van der Waals surface area contributed by atoms with Gasteiger partial charge in [0.15, 0.2) is 5.82 Å². The lowest BCUT2D eigenvalue weighted by Crippen LogP contribution is -2.29. The van der Waals surface area contributed by atoms with E-state index in [1.54, 1.807) is 6.08 Å². The van der Waals surface area contributed by atoms with Gasteiger partial charge in [-0.1, -0.05) is 42.5 Å². The van der Waals surface area contributed by atoms with Gasteiger partial charge in [-0.25, -0.2) is 9.78 Å². The van der Waals surface area contributed by atoms with Gasteiger partial charge in [0.2, 0.25) is 0 Å². The normalized spacial score (nSPS) is 10.3. The van der Waals surface area contributed by atoms with Crippen molar-refractivity contribution >= 4 is 22.9 Å². The van der Waals surface area contributed by atoms with Gasteiger partial charge >= 0.3 is 6.03 Å².